The van der Waals surface area contributed by atoms with Crippen molar-refractivity contribution in [3.05, 3.63) is 35.9 Å². The number of benzene rings is 1. The molecule has 20 heavy (non-hydrogen) atoms. The highest BCUT2D eigenvalue weighted by molar-refractivity contribution is 5.19. The summed E-state index contributed by atoms with van der Waals surface area (Å²) in [6, 6.07) is 11.2. The summed E-state index contributed by atoms with van der Waals surface area (Å²) in [5.41, 5.74) is 1.66. The highest BCUT2D eigenvalue weighted by Crippen LogP contribution is 2.25. The first-order valence-corrected chi connectivity index (χ1v) is 7.72. The zero-order chi connectivity index (χ0) is 15.0. The first-order chi connectivity index (χ1) is 9.44. The third-order valence-electron chi connectivity index (χ3n) is 3.72. The molecule has 0 aliphatic rings. The molecule has 2 nitrogen and oxygen atoms in total. The van der Waals surface area contributed by atoms with E-state index in [-0.39, 0.29) is 5.41 Å². The lowest BCUT2D eigenvalue weighted by atomic mass is 9.88. The van der Waals surface area contributed by atoms with E-state index in [0.29, 0.717) is 12.0 Å². The Morgan fingerprint density at radius 2 is 1.80 bits per heavy atom. The molecule has 1 aromatic carbocycles. The summed E-state index contributed by atoms with van der Waals surface area (Å²) in [5, 5.41) is 3.76. The Balaban J connectivity index is 2.62. The van der Waals surface area contributed by atoms with E-state index in [0.717, 1.165) is 19.6 Å². The number of nitrogens with one attached hydrogen (secondary N) is 1. The molecule has 0 amide bonds. The van der Waals surface area contributed by atoms with Crippen LogP contribution in [0.15, 0.2) is 30.3 Å². The van der Waals surface area contributed by atoms with Crippen LogP contribution < -0.4 is 5.32 Å². The van der Waals surface area contributed by atoms with Gasteiger partial charge in [0.05, 0.1) is 0 Å². The summed E-state index contributed by atoms with van der Waals surface area (Å²) in [4.78, 5) is 0. The first kappa shape index (κ1) is 17.2. The predicted molar refractivity (Wildman–Crippen MR) is 86.9 cm³/mol. The van der Waals surface area contributed by atoms with Crippen molar-refractivity contribution < 1.29 is 4.74 Å². The largest absolute Gasteiger partial charge is 0.385 e. The van der Waals surface area contributed by atoms with Crippen molar-refractivity contribution in [2.45, 2.75) is 46.6 Å². The molecule has 1 N–H and O–H groups in total. The molecule has 1 rings (SSSR count). The molecule has 1 aromatic rings. The second-order valence-corrected chi connectivity index (χ2v) is 6.88. The summed E-state index contributed by atoms with van der Waals surface area (Å²) in [6.45, 7) is 11.0. The minimum atomic E-state index is 0.264. The van der Waals surface area contributed by atoms with Crippen LogP contribution in [0.5, 0.6) is 0 Å². The lowest BCUT2D eigenvalue weighted by Gasteiger charge is -2.29. The highest BCUT2D eigenvalue weighted by Gasteiger charge is 2.20. The average molecular weight is 277 g/mol. The van der Waals surface area contributed by atoms with Gasteiger partial charge in [0.1, 0.15) is 0 Å². The molecular weight excluding hydrogens is 246 g/mol. The van der Waals surface area contributed by atoms with Gasteiger partial charge in [0.25, 0.3) is 0 Å². The fraction of sp³-hybridized carbons (Fsp3) is 0.667. The Hall–Kier alpha value is -0.860. The molecule has 1 atom stereocenters. The summed E-state index contributed by atoms with van der Waals surface area (Å²) in [6.07, 6.45) is 2.25. The molecule has 0 spiro atoms. The van der Waals surface area contributed by atoms with Crippen molar-refractivity contribution in [3.63, 3.8) is 0 Å². The maximum atomic E-state index is 5.21. The van der Waals surface area contributed by atoms with Crippen LogP contribution in [0.1, 0.15) is 52.1 Å². The number of ether oxygens (including phenoxy) is 1. The lowest BCUT2D eigenvalue weighted by molar-refractivity contribution is 0.148. The Labute approximate surface area is 124 Å². The quantitative estimate of drug-likeness (QED) is 0.721. The normalized spacial score (nSPS) is 13.7. The summed E-state index contributed by atoms with van der Waals surface area (Å²) < 4.78 is 5.21. The van der Waals surface area contributed by atoms with E-state index in [1.807, 2.05) is 0 Å². The molecule has 0 saturated carbocycles. The maximum absolute atomic E-state index is 5.21. The standard InChI is InChI=1S/C18H31NO/c1-15(2)13-17(16-9-7-6-8-10-16)19-14-18(3,4)11-12-20-5/h6-10,15,17,19H,11-14H2,1-5H3. The van der Waals surface area contributed by atoms with E-state index >= 15 is 0 Å². The van der Waals surface area contributed by atoms with E-state index in [1.165, 1.54) is 12.0 Å². The van der Waals surface area contributed by atoms with Crippen molar-refractivity contribution in [1.82, 2.24) is 5.32 Å². The van der Waals surface area contributed by atoms with Crippen LogP contribution in [0.4, 0.5) is 0 Å². The summed E-state index contributed by atoms with van der Waals surface area (Å²) >= 11 is 0. The zero-order valence-corrected chi connectivity index (χ0v) is 13.8. The lowest BCUT2D eigenvalue weighted by Crippen LogP contribution is -2.33. The number of rotatable bonds is 9. The third kappa shape index (κ3) is 6.53. The number of methoxy groups -OCH3 is 1. The van der Waals surface area contributed by atoms with Crippen LogP contribution in [0.25, 0.3) is 0 Å². The second-order valence-electron chi connectivity index (χ2n) is 6.88. The van der Waals surface area contributed by atoms with E-state index in [9.17, 15) is 0 Å². The van der Waals surface area contributed by atoms with Gasteiger partial charge in [0, 0.05) is 26.3 Å². The van der Waals surface area contributed by atoms with Gasteiger partial charge in [-0.1, -0.05) is 58.0 Å². The van der Waals surface area contributed by atoms with Gasteiger partial charge in [0.2, 0.25) is 0 Å². The van der Waals surface area contributed by atoms with Crippen LogP contribution >= 0.6 is 0 Å². The molecule has 0 aromatic heterocycles. The average Bonchev–Trinajstić information content (AvgIpc) is 2.42. The molecule has 0 radical (unpaired) electrons. The molecular formula is C18H31NO. The zero-order valence-electron chi connectivity index (χ0n) is 13.8. The van der Waals surface area contributed by atoms with Gasteiger partial charge in [0.15, 0.2) is 0 Å². The van der Waals surface area contributed by atoms with E-state index in [4.69, 9.17) is 4.74 Å². The van der Waals surface area contributed by atoms with Crippen molar-refractivity contribution in [1.29, 1.82) is 0 Å². The van der Waals surface area contributed by atoms with Gasteiger partial charge in [-0.15, -0.1) is 0 Å². The van der Waals surface area contributed by atoms with Crippen LogP contribution in [-0.2, 0) is 4.74 Å². The highest BCUT2D eigenvalue weighted by atomic mass is 16.5. The van der Waals surface area contributed by atoms with E-state index in [2.05, 4.69) is 63.3 Å². The maximum Gasteiger partial charge on any atom is 0.0467 e. The molecule has 0 saturated heterocycles. The van der Waals surface area contributed by atoms with Crippen molar-refractivity contribution in [2.24, 2.45) is 11.3 Å². The molecule has 1 unspecified atom stereocenters. The van der Waals surface area contributed by atoms with Gasteiger partial charge < -0.3 is 10.1 Å². The Kier molecular flexibility index (Phi) is 7.25. The van der Waals surface area contributed by atoms with Crippen molar-refractivity contribution in [3.8, 4) is 0 Å². The monoisotopic (exact) mass is 277 g/mol. The molecule has 0 aliphatic carbocycles. The van der Waals surface area contributed by atoms with Gasteiger partial charge in [-0.2, -0.15) is 0 Å². The van der Waals surface area contributed by atoms with Crippen LogP contribution in [0.2, 0.25) is 0 Å². The smallest absolute Gasteiger partial charge is 0.0467 e. The number of hydrogen-bond acceptors (Lipinski definition) is 2. The van der Waals surface area contributed by atoms with Gasteiger partial charge in [-0.3, -0.25) is 0 Å². The SMILES string of the molecule is COCCC(C)(C)CNC(CC(C)C)c1ccccc1. The van der Waals surface area contributed by atoms with Crippen LogP contribution in [0.3, 0.4) is 0 Å². The topological polar surface area (TPSA) is 21.3 Å². The Morgan fingerprint density at radius 3 is 2.35 bits per heavy atom. The predicted octanol–water partition coefficient (Wildman–Crippen LogP) is 4.43. The van der Waals surface area contributed by atoms with Gasteiger partial charge in [-0.05, 0) is 29.7 Å². The van der Waals surface area contributed by atoms with Gasteiger partial charge in [-0.25, -0.2) is 0 Å². The van der Waals surface area contributed by atoms with Crippen molar-refractivity contribution >= 4 is 0 Å². The van der Waals surface area contributed by atoms with Gasteiger partial charge >= 0.3 is 0 Å². The molecule has 0 heterocycles. The fourth-order valence-corrected chi connectivity index (χ4v) is 2.36. The third-order valence-corrected chi connectivity index (χ3v) is 3.72. The second kappa shape index (κ2) is 8.43. The summed E-state index contributed by atoms with van der Waals surface area (Å²) in [7, 11) is 1.77. The Bertz CT molecular complexity index is 359. The van der Waals surface area contributed by atoms with E-state index in [1.54, 1.807) is 7.11 Å². The molecule has 0 aliphatic heterocycles. The molecule has 114 valence electrons. The molecule has 2 heteroatoms. The van der Waals surface area contributed by atoms with Crippen LogP contribution in [-0.4, -0.2) is 20.3 Å². The van der Waals surface area contributed by atoms with Crippen molar-refractivity contribution in [2.75, 3.05) is 20.3 Å². The van der Waals surface area contributed by atoms with Crippen LogP contribution in [0, 0.1) is 11.3 Å². The van der Waals surface area contributed by atoms with E-state index < -0.39 is 0 Å². The molecule has 0 bridgehead atoms. The Morgan fingerprint density at radius 1 is 1.15 bits per heavy atom. The number of hydrogen-bond donors (Lipinski definition) is 1. The molecule has 0 fully saturated rings. The first-order valence-electron chi connectivity index (χ1n) is 7.72. The fourth-order valence-electron chi connectivity index (χ4n) is 2.36. The summed E-state index contributed by atoms with van der Waals surface area (Å²) in [5.74, 6) is 0.690. The minimum Gasteiger partial charge on any atom is -0.385 e. The minimum absolute atomic E-state index is 0.264.